The lowest BCUT2D eigenvalue weighted by Crippen LogP contribution is -2.40. The maximum absolute atomic E-state index is 14.4. The smallest absolute Gasteiger partial charge is 0.338 e. The second kappa shape index (κ2) is 13.6. The highest BCUT2D eigenvalue weighted by Gasteiger charge is 2.36. The molecule has 5 aromatic rings. The number of nitrogens with zero attached hydrogens (tertiary/aromatic N) is 3. The Kier molecular flexibility index (Phi) is 9.57. The first-order chi connectivity index (χ1) is 22.2. The van der Waals surface area contributed by atoms with Crippen LogP contribution in [0.2, 0.25) is 10.0 Å². The lowest BCUT2D eigenvalue weighted by molar-refractivity contribution is -0.139. The number of carbonyl (C=O) groups is 1. The number of allylic oxidation sites excluding steroid dienone is 1. The van der Waals surface area contributed by atoms with Crippen LogP contribution < -0.4 is 19.6 Å². The fourth-order valence-corrected chi connectivity index (χ4v) is 7.54. The summed E-state index contributed by atoms with van der Waals surface area (Å²) in [6, 6.07) is 18.4. The van der Waals surface area contributed by atoms with Crippen molar-refractivity contribution in [2.24, 2.45) is 4.99 Å². The first-order valence-electron chi connectivity index (χ1n) is 14.8. The highest BCUT2D eigenvalue weighted by Crippen LogP contribution is 2.38. The molecule has 1 aliphatic rings. The van der Waals surface area contributed by atoms with Crippen molar-refractivity contribution in [1.82, 2.24) is 9.13 Å². The van der Waals surface area contributed by atoms with Crippen LogP contribution in [0.25, 0.3) is 17.0 Å². The molecule has 0 N–H and O–H groups in total. The maximum atomic E-state index is 14.4. The third-order valence-corrected chi connectivity index (χ3v) is 10.0. The van der Waals surface area contributed by atoms with Gasteiger partial charge >= 0.3 is 5.97 Å². The van der Waals surface area contributed by atoms with E-state index in [-0.39, 0.29) is 12.2 Å². The molecule has 0 bridgehead atoms. The summed E-state index contributed by atoms with van der Waals surface area (Å²) in [4.78, 5) is 33.4. The number of fused-ring (bicyclic) bond motifs is 2. The minimum absolute atomic E-state index is 0.195. The molecular formula is C35H30BrCl2N3O4S. The molecule has 7 nitrogen and oxygen atoms in total. The van der Waals surface area contributed by atoms with Crippen molar-refractivity contribution in [2.45, 2.75) is 39.3 Å². The second-order valence-electron chi connectivity index (χ2n) is 10.8. The molecular weight excluding hydrogens is 709 g/mol. The summed E-state index contributed by atoms with van der Waals surface area (Å²) in [7, 11) is 1.57. The highest BCUT2D eigenvalue weighted by atomic mass is 79.9. The molecule has 1 atom stereocenters. The van der Waals surface area contributed by atoms with E-state index in [1.165, 1.54) is 11.3 Å². The average Bonchev–Trinajstić information content (AvgIpc) is 3.54. The minimum atomic E-state index is -0.789. The number of benzene rings is 3. The number of thiazole rings is 1. The van der Waals surface area contributed by atoms with Crippen LogP contribution in [0.5, 0.6) is 5.75 Å². The first kappa shape index (κ1) is 32.3. The summed E-state index contributed by atoms with van der Waals surface area (Å²) in [6.45, 7) is 4.56. The number of ether oxygens (including phenoxy) is 2. The van der Waals surface area contributed by atoms with Crippen molar-refractivity contribution < 1.29 is 14.3 Å². The number of hydrogen-bond donors (Lipinski definition) is 0. The van der Waals surface area contributed by atoms with Crippen LogP contribution >= 0.6 is 50.5 Å². The van der Waals surface area contributed by atoms with Crippen LogP contribution in [0.3, 0.4) is 0 Å². The summed E-state index contributed by atoms with van der Waals surface area (Å²) >= 11 is 17.3. The van der Waals surface area contributed by atoms with Gasteiger partial charge in [-0.25, -0.2) is 9.79 Å². The molecule has 3 aromatic carbocycles. The van der Waals surface area contributed by atoms with E-state index in [1.807, 2.05) is 73.8 Å². The zero-order valence-electron chi connectivity index (χ0n) is 25.4. The number of rotatable bonds is 9. The predicted molar refractivity (Wildman–Crippen MR) is 188 cm³/mol. The van der Waals surface area contributed by atoms with Gasteiger partial charge < -0.3 is 14.0 Å². The van der Waals surface area contributed by atoms with Gasteiger partial charge in [-0.15, -0.1) is 0 Å². The molecule has 0 aliphatic carbocycles. The molecule has 236 valence electrons. The van der Waals surface area contributed by atoms with Gasteiger partial charge in [-0.1, -0.05) is 88.1 Å². The van der Waals surface area contributed by atoms with Crippen LogP contribution in [0.1, 0.15) is 49.4 Å². The fraction of sp³-hybridized carbons (Fsp3) is 0.229. The number of carbonyl (C=O) groups excluding carboxylic acids is 1. The van der Waals surface area contributed by atoms with Gasteiger partial charge in [0, 0.05) is 39.2 Å². The first-order valence-corrected chi connectivity index (χ1v) is 17.2. The van der Waals surface area contributed by atoms with Crippen LogP contribution in [0, 0.1) is 0 Å². The van der Waals surface area contributed by atoms with Gasteiger partial charge in [0.05, 0.1) is 39.6 Å². The molecule has 11 heteroatoms. The Morgan fingerprint density at radius 3 is 2.63 bits per heavy atom. The summed E-state index contributed by atoms with van der Waals surface area (Å²) in [5.74, 6) is 0.0501. The summed E-state index contributed by atoms with van der Waals surface area (Å²) in [5.41, 5.74) is 4.26. The number of halogens is 3. The van der Waals surface area contributed by atoms with E-state index in [9.17, 15) is 9.59 Å². The molecule has 6 rings (SSSR count). The van der Waals surface area contributed by atoms with Crippen molar-refractivity contribution in [1.29, 1.82) is 0 Å². The van der Waals surface area contributed by atoms with Crippen LogP contribution in [-0.4, -0.2) is 28.8 Å². The normalized spacial score (nSPS) is 14.8. The van der Waals surface area contributed by atoms with Crippen LogP contribution in [0.15, 0.2) is 92.4 Å². The molecule has 3 heterocycles. The molecule has 0 fully saturated rings. The van der Waals surface area contributed by atoms with Gasteiger partial charge in [0.25, 0.3) is 5.56 Å². The fourth-order valence-electron chi connectivity index (χ4n) is 5.83. The third kappa shape index (κ3) is 6.09. The zero-order chi connectivity index (χ0) is 32.5. The monoisotopic (exact) mass is 737 g/mol. The van der Waals surface area contributed by atoms with Crippen molar-refractivity contribution in [2.75, 3.05) is 13.7 Å². The van der Waals surface area contributed by atoms with E-state index >= 15 is 0 Å². The highest BCUT2D eigenvalue weighted by molar-refractivity contribution is 9.10. The average molecular weight is 740 g/mol. The van der Waals surface area contributed by atoms with E-state index < -0.39 is 12.0 Å². The lowest BCUT2D eigenvalue weighted by Gasteiger charge is -2.27. The Morgan fingerprint density at radius 1 is 1.09 bits per heavy atom. The number of hydrogen-bond acceptors (Lipinski definition) is 6. The lowest BCUT2D eigenvalue weighted by atomic mass is 9.93. The van der Waals surface area contributed by atoms with Gasteiger partial charge in [0.2, 0.25) is 0 Å². The van der Waals surface area contributed by atoms with Gasteiger partial charge in [0.1, 0.15) is 11.8 Å². The van der Waals surface area contributed by atoms with Crippen molar-refractivity contribution in [3.63, 3.8) is 0 Å². The number of methoxy groups -OCH3 is 1. The van der Waals surface area contributed by atoms with Gasteiger partial charge in [-0.3, -0.25) is 9.36 Å². The van der Waals surface area contributed by atoms with Crippen LogP contribution in [-0.2, 0) is 16.1 Å². The topological polar surface area (TPSA) is 74.8 Å². The van der Waals surface area contributed by atoms with E-state index in [2.05, 4.69) is 20.5 Å². The number of esters is 1. The quantitative estimate of drug-likeness (QED) is 0.146. The summed E-state index contributed by atoms with van der Waals surface area (Å²) in [5, 5.41) is 2.00. The molecule has 0 spiro atoms. The van der Waals surface area contributed by atoms with Crippen molar-refractivity contribution >= 4 is 73.4 Å². The molecule has 1 aliphatic heterocycles. The minimum Gasteiger partial charge on any atom is -0.496 e. The molecule has 0 radical (unpaired) electrons. The van der Waals surface area contributed by atoms with Crippen LogP contribution in [0.4, 0.5) is 0 Å². The zero-order valence-corrected chi connectivity index (χ0v) is 29.3. The molecule has 0 saturated heterocycles. The number of para-hydroxylation sites is 1. The molecule has 2 aromatic heterocycles. The van der Waals surface area contributed by atoms with Gasteiger partial charge in [0.15, 0.2) is 4.80 Å². The Morgan fingerprint density at radius 2 is 1.89 bits per heavy atom. The third-order valence-electron chi connectivity index (χ3n) is 7.82. The maximum Gasteiger partial charge on any atom is 0.338 e. The Labute approximate surface area is 288 Å². The van der Waals surface area contributed by atoms with Gasteiger partial charge in [-0.05, 0) is 61.4 Å². The van der Waals surface area contributed by atoms with Crippen molar-refractivity contribution in [3.8, 4) is 5.75 Å². The van der Waals surface area contributed by atoms with E-state index in [0.717, 1.165) is 32.9 Å². The van der Waals surface area contributed by atoms with Gasteiger partial charge in [-0.2, -0.15) is 0 Å². The Balaban J connectivity index is 1.56. The number of aromatic nitrogens is 2. The largest absolute Gasteiger partial charge is 0.496 e. The molecule has 46 heavy (non-hydrogen) atoms. The van der Waals surface area contributed by atoms with Crippen molar-refractivity contribution in [3.05, 3.63) is 129 Å². The second-order valence-corrected chi connectivity index (χ2v) is 13.5. The summed E-state index contributed by atoms with van der Waals surface area (Å²) < 4.78 is 16.3. The van der Waals surface area contributed by atoms with E-state index in [0.29, 0.717) is 54.9 Å². The summed E-state index contributed by atoms with van der Waals surface area (Å²) in [6.07, 6.45) is 5.25. The van der Waals surface area contributed by atoms with E-state index in [1.54, 1.807) is 24.7 Å². The SMILES string of the molecule is CCCC1=C(C(=O)OCC)[C@H](c2cc(Br)ccc2OC)n2c(s/c(=C/c3cn(Cc4ccc(Cl)c(Cl)c4)c4ccccc34)c2=O)=N1. The standard InChI is InChI=1S/C35H30BrCl2N3O4S/c1-4-8-27-31(34(43)45-5-2)32(24-17-22(36)12-14-29(24)44-3)41-33(42)30(46-35(41)39-27)16-21-19-40(28-10-7-6-9-23(21)28)18-20-11-13-25(37)26(38)15-20/h6-7,9-17,19,32H,4-5,8,18H2,1-3H3/b30-16+/t32-/m0/s1. The molecule has 0 saturated carbocycles. The van der Waals surface area contributed by atoms with E-state index in [4.69, 9.17) is 37.7 Å². The molecule has 0 unspecified atom stereocenters. The molecule has 0 amide bonds. The predicted octanol–water partition coefficient (Wildman–Crippen LogP) is 7.66. The Bertz CT molecular complexity index is 2200. The Hall–Kier alpha value is -3.63.